The summed E-state index contributed by atoms with van der Waals surface area (Å²) in [5.74, 6) is 1.85. The summed E-state index contributed by atoms with van der Waals surface area (Å²) in [6.45, 7) is 10.1. The van der Waals surface area contributed by atoms with Gasteiger partial charge in [-0.2, -0.15) is 0 Å². The van der Waals surface area contributed by atoms with Gasteiger partial charge >= 0.3 is 0 Å². The van der Waals surface area contributed by atoms with Crippen LogP contribution in [0.2, 0.25) is 0 Å². The van der Waals surface area contributed by atoms with Crippen molar-refractivity contribution in [3.63, 3.8) is 0 Å². The minimum absolute atomic E-state index is 0.779. The molecule has 0 saturated carbocycles. The Kier molecular flexibility index (Phi) is 3.04. The Morgan fingerprint density at radius 3 is 2.62 bits per heavy atom. The number of rotatable bonds is 2. The predicted octanol–water partition coefficient (Wildman–Crippen LogP) is 4.09. The lowest BCUT2D eigenvalue weighted by atomic mass is 9.87. The van der Waals surface area contributed by atoms with Crippen LogP contribution < -0.4 is 4.74 Å². The Bertz CT molecular complexity index is 430. The van der Waals surface area contributed by atoms with Crippen LogP contribution in [0.1, 0.15) is 42.0 Å². The van der Waals surface area contributed by atoms with Crippen molar-refractivity contribution in [3.05, 3.63) is 40.7 Å². The molecular weight excluding hydrogens is 196 g/mol. The van der Waals surface area contributed by atoms with Crippen molar-refractivity contribution >= 4 is 0 Å². The number of ether oxygens (including phenoxy) is 1. The van der Waals surface area contributed by atoms with Crippen molar-refractivity contribution in [1.29, 1.82) is 0 Å². The zero-order valence-corrected chi connectivity index (χ0v) is 10.5. The van der Waals surface area contributed by atoms with E-state index in [4.69, 9.17) is 4.74 Å². The van der Waals surface area contributed by atoms with Crippen molar-refractivity contribution in [2.75, 3.05) is 0 Å². The zero-order valence-electron chi connectivity index (χ0n) is 10.5. The molecule has 0 aliphatic heterocycles. The first-order chi connectivity index (χ1) is 7.59. The van der Waals surface area contributed by atoms with Crippen LogP contribution >= 0.6 is 0 Å². The molecule has 0 fully saturated rings. The zero-order chi connectivity index (χ0) is 11.7. The Balaban J connectivity index is 2.54. The van der Waals surface area contributed by atoms with E-state index in [1.807, 2.05) is 6.92 Å². The second-order valence-electron chi connectivity index (χ2n) is 4.80. The van der Waals surface area contributed by atoms with E-state index in [1.165, 1.54) is 41.5 Å². The molecule has 86 valence electrons. The van der Waals surface area contributed by atoms with Gasteiger partial charge in [-0.25, -0.2) is 0 Å². The monoisotopic (exact) mass is 216 g/mol. The van der Waals surface area contributed by atoms with Gasteiger partial charge < -0.3 is 4.74 Å². The molecule has 0 unspecified atom stereocenters. The van der Waals surface area contributed by atoms with Gasteiger partial charge in [-0.15, -0.1) is 0 Å². The highest BCUT2D eigenvalue weighted by atomic mass is 16.5. The van der Waals surface area contributed by atoms with Crippen molar-refractivity contribution < 1.29 is 4.74 Å². The van der Waals surface area contributed by atoms with E-state index in [1.54, 1.807) is 0 Å². The van der Waals surface area contributed by atoms with Crippen LogP contribution in [0, 0.1) is 13.8 Å². The van der Waals surface area contributed by atoms with Crippen LogP contribution in [0.3, 0.4) is 0 Å². The second-order valence-corrected chi connectivity index (χ2v) is 4.80. The first-order valence-electron chi connectivity index (χ1n) is 6.05. The number of fused-ring (bicyclic) bond motifs is 1. The van der Waals surface area contributed by atoms with Gasteiger partial charge in [0.2, 0.25) is 0 Å². The largest absolute Gasteiger partial charge is 0.462 e. The molecule has 0 atom stereocenters. The molecule has 0 heterocycles. The van der Waals surface area contributed by atoms with Crippen molar-refractivity contribution in [2.24, 2.45) is 0 Å². The summed E-state index contributed by atoms with van der Waals surface area (Å²) in [7, 11) is 0. The molecule has 0 bridgehead atoms. The lowest BCUT2D eigenvalue weighted by Gasteiger charge is -2.22. The third kappa shape index (κ3) is 1.99. The normalized spacial score (nSPS) is 14.4. The third-order valence-electron chi connectivity index (χ3n) is 3.38. The van der Waals surface area contributed by atoms with Gasteiger partial charge in [-0.3, -0.25) is 0 Å². The van der Waals surface area contributed by atoms with Gasteiger partial charge in [0.25, 0.3) is 0 Å². The average molecular weight is 216 g/mol. The summed E-state index contributed by atoms with van der Waals surface area (Å²) < 4.78 is 5.83. The van der Waals surface area contributed by atoms with Crippen molar-refractivity contribution in [1.82, 2.24) is 0 Å². The fourth-order valence-corrected chi connectivity index (χ4v) is 2.43. The highest BCUT2D eigenvalue weighted by Crippen LogP contribution is 2.35. The molecule has 0 N–H and O–H groups in total. The maximum Gasteiger partial charge on any atom is 0.133 e. The van der Waals surface area contributed by atoms with Gasteiger partial charge in [0.05, 0.1) is 5.76 Å². The fourth-order valence-electron chi connectivity index (χ4n) is 2.43. The topological polar surface area (TPSA) is 9.23 Å². The van der Waals surface area contributed by atoms with E-state index in [2.05, 4.69) is 26.5 Å². The molecule has 0 amide bonds. The molecule has 1 nitrogen and oxygen atoms in total. The molecule has 1 aromatic rings. The molecule has 1 aliphatic rings. The van der Waals surface area contributed by atoms with E-state index in [0.717, 1.165) is 17.9 Å². The molecule has 1 aliphatic carbocycles. The number of aryl methyl sites for hydroxylation is 2. The van der Waals surface area contributed by atoms with Gasteiger partial charge in [0.15, 0.2) is 0 Å². The minimum Gasteiger partial charge on any atom is -0.462 e. The molecule has 1 heteroatoms. The van der Waals surface area contributed by atoms with Gasteiger partial charge in [-0.1, -0.05) is 12.6 Å². The molecule has 0 aromatic heterocycles. The SMILES string of the molecule is C=C(C)Oc1c(C)c(C)cc2c1CCCC2. The molecule has 0 radical (unpaired) electrons. The van der Waals surface area contributed by atoms with Crippen LogP contribution in [0.4, 0.5) is 0 Å². The number of hydrogen-bond donors (Lipinski definition) is 0. The maximum atomic E-state index is 5.83. The van der Waals surface area contributed by atoms with E-state index in [-0.39, 0.29) is 0 Å². The highest BCUT2D eigenvalue weighted by molar-refractivity contribution is 5.51. The standard InChI is InChI=1S/C15H20O/c1-10(2)16-15-12(4)11(3)9-13-7-5-6-8-14(13)15/h9H,1,5-8H2,2-4H3. The summed E-state index contributed by atoms with van der Waals surface area (Å²) in [6.07, 6.45) is 4.94. The van der Waals surface area contributed by atoms with Crippen molar-refractivity contribution in [3.8, 4) is 5.75 Å². The summed E-state index contributed by atoms with van der Waals surface area (Å²) in [5, 5.41) is 0. The first-order valence-corrected chi connectivity index (χ1v) is 6.05. The van der Waals surface area contributed by atoms with Crippen LogP contribution in [-0.4, -0.2) is 0 Å². The molecule has 16 heavy (non-hydrogen) atoms. The molecule has 1 aromatic carbocycles. The third-order valence-corrected chi connectivity index (χ3v) is 3.38. The predicted molar refractivity (Wildman–Crippen MR) is 68.0 cm³/mol. The Morgan fingerprint density at radius 1 is 1.25 bits per heavy atom. The molecule has 0 saturated heterocycles. The Hall–Kier alpha value is -1.24. The van der Waals surface area contributed by atoms with Crippen LogP contribution in [0.15, 0.2) is 18.4 Å². The Labute approximate surface area is 98.1 Å². The first kappa shape index (κ1) is 11.3. The lowest BCUT2D eigenvalue weighted by Crippen LogP contribution is -2.08. The number of hydrogen-bond acceptors (Lipinski definition) is 1. The fraction of sp³-hybridized carbons (Fsp3) is 0.467. The van der Waals surface area contributed by atoms with E-state index in [0.29, 0.717) is 0 Å². The van der Waals surface area contributed by atoms with Crippen LogP contribution in [-0.2, 0) is 12.8 Å². The average Bonchev–Trinajstić information content (AvgIpc) is 2.24. The van der Waals surface area contributed by atoms with Crippen LogP contribution in [0.25, 0.3) is 0 Å². The van der Waals surface area contributed by atoms with Gasteiger partial charge in [0, 0.05) is 0 Å². The minimum atomic E-state index is 0.779. The Morgan fingerprint density at radius 2 is 1.94 bits per heavy atom. The summed E-state index contributed by atoms with van der Waals surface area (Å²) >= 11 is 0. The molecule has 0 spiro atoms. The molecule has 2 rings (SSSR count). The van der Waals surface area contributed by atoms with E-state index >= 15 is 0 Å². The summed E-state index contributed by atoms with van der Waals surface area (Å²) in [4.78, 5) is 0. The van der Waals surface area contributed by atoms with Gasteiger partial charge in [0.1, 0.15) is 5.75 Å². The van der Waals surface area contributed by atoms with Gasteiger partial charge in [-0.05, 0) is 68.7 Å². The highest BCUT2D eigenvalue weighted by Gasteiger charge is 2.18. The number of allylic oxidation sites excluding steroid dienone is 1. The van der Waals surface area contributed by atoms with Crippen molar-refractivity contribution in [2.45, 2.75) is 46.5 Å². The summed E-state index contributed by atoms with van der Waals surface area (Å²) in [6, 6.07) is 2.33. The number of benzene rings is 1. The maximum absolute atomic E-state index is 5.83. The smallest absolute Gasteiger partial charge is 0.133 e. The van der Waals surface area contributed by atoms with E-state index < -0.39 is 0 Å². The summed E-state index contributed by atoms with van der Waals surface area (Å²) in [5.41, 5.74) is 5.49. The van der Waals surface area contributed by atoms with Crippen LogP contribution in [0.5, 0.6) is 5.75 Å². The quantitative estimate of drug-likeness (QED) is 0.676. The van der Waals surface area contributed by atoms with E-state index in [9.17, 15) is 0 Å². The lowest BCUT2D eigenvalue weighted by molar-refractivity contribution is 0.418. The second kappa shape index (κ2) is 4.32. The molecular formula is C15H20O.